The van der Waals surface area contributed by atoms with Crippen molar-refractivity contribution in [3.05, 3.63) is 0 Å². The van der Waals surface area contributed by atoms with E-state index in [9.17, 15) is 9.90 Å². The van der Waals surface area contributed by atoms with Crippen molar-refractivity contribution in [3.8, 4) is 0 Å². The van der Waals surface area contributed by atoms with Gasteiger partial charge >= 0.3 is 0 Å². The molecule has 0 saturated carbocycles. The summed E-state index contributed by atoms with van der Waals surface area (Å²) in [6.07, 6.45) is 4.03. The second-order valence-electron chi connectivity index (χ2n) is 3.41. The predicted molar refractivity (Wildman–Crippen MR) is 39.7 cm³/mol. The first-order valence-corrected chi connectivity index (χ1v) is 4.28. The predicted octanol–water partition coefficient (Wildman–Crippen LogP) is 0.480. The van der Waals surface area contributed by atoms with Gasteiger partial charge in [-0.25, -0.2) is 0 Å². The summed E-state index contributed by atoms with van der Waals surface area (Å²) in [5.74, 6) is 0.141. The molecule has 0 aromatic rings. The van der Waals surface area contributed by atoms with Crippen LogP contribution in [0, 0.1) is 0 Å². The molecule has 1 unspecified atom stereocenters. The maximum Gasteiger partial charge on any atom is 0.224 e. The van der Waals surface area contributed by atoms with E-state index in [-0.39, 0.29) is 5.91 Å². The molecule has 0 bridgehead atoms. The Labute approximate surface area is 66.0 Å². The van der Waals surface area contributed by atoms with Gasteiger partial charge in [-0.2, -0.15) is 0 Å². The molecule has 1 amide bonds. The fraction of sp³-hybridized carbons (Fsp3) is 0.875. The highest BCUT2D eigenvalue weighted by Crippen LogP contribution is 2.30. The Morgan fingerprint density at radius 3 is 2.91 bits per heavy atom. The third kappa shape index (κ3) is 1.03. The van der Waals surface area contributed by atoms with Crippen molar-refractivity contribution in [2.45, 2.75) is 44.4 Å². The molecule has 11 heavy (non-hydrogen) atoms. The third-order valence-corrected chi connectivity index (χ3v) is 2.69. The van der Waals surface area contributed by atoms with E-state index in [2.05, 4.69) is 0 Å². The van der Waals surface area contributed by atoms with E-state index in [1.165, 1.54) is 0 Å². The van der Waals surface area contributed by atoms with E-state index in [1.807, 2.05) is 0 Å². The summed E-state index contributed by atoms with van der Waals surface area (Å²) >= 11 is 0. The number of hydrogen-bond acceptors (Lipinski definition) is 2. The minimum absolute atomic E-state index is 0.141. The van der Waals surface area contributed by atoms with Crippen molar-refractivity contribution in [1.82, 2.24) is 4.90 Å². The first kappa shape index (κ1) is 7.10. The summed E-state index contributed by atoms with van der Waals surface area (Å²) in [4.78, 5) is 12.9. The summed E-state index contributed by atoms with van der Waals surface area (Å²) in [5.41, 5.74) is 0. The van der Waals surface area contributed by atoms with Crippen molar-refractivity contribution in [3.63, 3.8) is 0 Å². The topological polar surface area (TPSA) is 40.5 Å². The monoisotopic (exact) mass is 155 g/mol. The fourth-order valence-corrected chi connectivity index (χ4v) is 2.13. The van der Waals surface area contributed by atoms with Crippen LogP contribution in [0.3, 0.4) is 0 Å². The Bertz CT molecular complexity index is 181. The van der Waals surface area contributed by atoms with Crippen LogP contribution in [0.1, 0.15) is 32.1 Å². The molecule has 3 heteroatoms. The number of fused-ring (bicyclic) bond motifs is 1. The van der Waals surface area contributed by atoms with Gasteiger partial charge in [0.15, 0.2) is 0 Å². The summed E-state index contributed by atoms with van der Waals surface area (Å²) in [7, 11) is 0. The molecule has 0 aliphatic carbocycles. The molecule has 0 radical (unpaired) electrons. The molecule has 2 rings (SSSR count). The number of rotatable bonds is 0. The van der Waals surface area contributed by atoms with Crippen LogP contribution in [0.2, 0.25) is 0 Å². The minimum atomic E-state index is -0.483. The molecule has 2 saturated heterocycles. The Hall–Kier alpha value is -0.570. The average molecular weight is 155 g/mol. The number of carbonyl (C=O) groups is 1. The van der Waals surface area contributed by atoms with Gasteiger partial charge in [-0.15, -0.1) is 0 Å². The molecule has 1 N–H and O–H groups in total. The standard InChI is InChI=1S/C8H13NO2/c10-7-3-1-2-6-4-5-8(11)9(6)7/h6-7,10H,1-5H2/t6-,7?/m1/s1. The van der Waals surface area contributed by atoms with E-state index in [0.717, 1.165) is 25.7 Å². The van der Waals surface area contributed by atoms with Gasteiger partial charge < -0.3 is 10.0 Å². The normalized spacial score (nSPS) is 37.5. The molecule has 2 aliphatic rings. The number of hydrogen-bond donors (Lipinski definition) is 1. The number of carbonyl (C=O) groups excluding carboxylic acids is 1. The Morgan fingerprint density at radius 1 is 1.36 bits per heavy atom. The van der Waals surface area contributed by atoms with E-state index in [4.69, 9.17) is 0 Å². The van der Waals surface area contributed by atoms with Crippen molar-refractivity contribution in [2.75, 3.05) is 0 Å². The van der Waals surface area contributed by atoms with Gasteiger partial charge in [0.25, 0.3) is 0 Å². The van der Waals surface area contributed by atoms with E-state index in [1.54, 1.807) is 4.90 Å². The molecule has 0 spiro atoms. The molecule has 2 heterocycles. The molecule has 3 nitrogen and oxygen atoms in total. The van der Waals surface area contributed by atoms with Gasteiger partial charge in [-0.3, -0.25) is 4.79 Å². The zero-order chi connectivity index (χ0) is 7.84. The van der Waals surface area contributed by atoms with Crippen molar-refractivity contribution in [2.24, 2.45) is 0 Å². The van der Waals surface area contributed by atoms with Crippen LogP contribution in [0.15, 0.2) is 0 Å². The van der Waals surface area contributed by atoms with Crippen LogP contribution >= 0.6 is 0 Å². The maximum absolute atomic E-state index is 11.2. The quantitative estimate of drug-likeness (QED) is 0.552. The summed E-state index contributed by atoms with van der Waals surface area (Å²) in [5, 5.41) is 9.45. The van der Waals surface area contributed by atoms with Crippen LogP contribution in [-0.4, -0.2) is 28.2 Å². The highest BCUT2D eigenvalue weighted by molar-refractivity contribution is 5.79. The number of piperidine rings is 1. The smallest absolute Gasteiger partial charge is 0.224 e. The number of nitrogens with zero attached hydrogens (tertiary/aromatic N) is 1. The Kier molecular flexibility index (Phi) is 1.60. The van der Waals surface area contributed by atoms with Gasteiger partial charge in [0, 0.05) is 12.5 Å². The molecular weight excluding hydrogens is 142 g/mol. The SMILES string of the molecule is O=C1CC[C@H]2CCCC(O)N12. The van der Waals surface area contributed by atoms with Gasteiger partial charge in [0.2, 0.25) is 5.91 Å². The Morgan fingerprint density at radius 2 is 2.18 bits per heavy atom. The molecule has 2 aliphatic heterocycles. The van der Waals surface area contributed by atoms with Crippen molar-refractivity contribution in [1.29, 1.82) is 0 Å². The van der Waals surface area contributed by atoms with Crippen molar-refractivity contribution >= 4 is 5.91 Å². The third-order valence-electron chi connectivity index (χ3n) is 2.69. The summed E-state index contributed by atoms with van der Waals surface area (Å²) < 4.78 is 0. The van der Waals surface area contributed by atoms with E-state index in [0.29, 0.717) is 12.5 Å². The highest BCUT2D eigenvalue weighted by Gasteiger charge is 2.37. The lowest BCUT2D eigenvalue weighted by Gasteiger charge is -2.34. The lowest BCUT2D eigenvalue weighted by molar-refractivity contribution is -0.142. The van der Waals surface area contributed by atoms with Gasteiger partial charge in [0.1, 0.15) is 6.23 Å². The zero-order valence-electron chi connectivity index (χ0n) is 6.49. The van der Waals surface area contributed by atoms with Crippen LogP contribution < -0.4 is 0 Å². The molecular formula is C8H13NO2. The van der Waals surface area contributed by atoms with E-state index >= 15 is 0 Å². The number of amides is 1. The van der Waals surface area contributed by atoms with Crippen molar-refractivity contribution < 1.29 is 9.90 Å². The van der Waals surface area contributed by atoms with E-state index < -0.39 is 6.23 Å². The molecule has 2 fully saturated rings. The lowest BCUT2D eigenvalue weighted by atomic mass is 10.0. The molecule has 62 valence electrons. The second kappa shape index (κ2) is 2.48. The number of aliphatic hydroxyl groups is 1. The zero-order valence-corrected chi connectivity index (χ0v) is 6.49. The summed E-state index contributed by atoms with van der Waals surface area (Å²) in [6.45, 7) is 0. The Balaban J connectivity index is 2.14. The summed E-state index contributed by atoms with van der Waals surface area (Å²) in [6, 6.07) is 0.353. The van der Waals surface area contributed by atoms with Crippen LogP contribution in [0.25, 0.3) is 0 Å². The first-order valence-electron chi connectivity index (χ1n) is 4.28. The van der Waals surface area contributed by atoms with Gasteiger partial charge in [-0.05, 0) is 25.7 Å². The minimum Gasteiger partial charge on any atom is -0.374 e. The largest absolute Gasteiger partial charge is 0.374 e. The second-order valence-corrected chi connectivity index (χ2v) is 3.41. The van der Waals surface area contributed by atoms with Crippen LogP contribution in [0.4, 0.5) is 0 Å². The maximum atomic E-state index is 11.2. The molecule has 0 aromatic heterocycles. The number of aliphatic hydroxyl groups excluding tert-OH is 1. The average Bonchev–Trinajstić information content (AvgIpc) is 2.34. The highest BCUT2D eigenvalue weighted by atomic mass is 16.3. The van der Waals surface area contributed by atoms with Gasteiger partial charge in [0.05, 0.1) is 0 Å². The molecule has 0 aromatic carbocycles. The lowest BCUT2D eigenvalue weighted by Crippen LogP contribution is -2.44. The fourth-order valence-electron chi connectivity index (χ4n) is 2.13. The molecule has 2 atom stereocenters. The van der Waals surface area contributed by atoms with Crippen LogP contribution in [-0.2, 0) is 4.79 Å². The van der Waals surface area contributed by atoms with Crippen LogP contribution in [0.5, 0.6) is 0 Å². The van der Waals surface area contributed by atoms with Gasteiger partial charge in [-0.1, -0.05) is 0 Å². The first-order chi connectivity index (χ1) is 5.29.